The van der Waals surface area contributed by atoms with E-state index >= 15 is 0 Å². The molecule has 5 heteroatoms. The molecule has 250 valence electrons. The maximum Gasteiger partial charge on any atom is 0.164 e. The van der Waals surface area contributed by atoms with E-state index in [1.54, 1.807) is 0 Å². The molecule has 7 aromatic carbocycles. The third kappa shape index (κ3) is 4.34. The summed E-state index contributed by atoms with van der Waals surface area (Å²) in [5.41, 5.74) is 13.1. The molecule has 0 atom stereocenters. The summed E-state index contributed by atoms with van der Waals surface area (Å²) >= 11 is 0. The second-order valence-corrected chi connectivity index (χ2v) is 14.4. The number of nitrogens with zero attached hydrogens (tertiary/aromatic N) is 4. The average Bonchev–Trinajstić information content (AvgIpc) is 3.84. The van der Waals surface area contributed by atoms with Gasteiger partial charge in [-0.1, -0.05) is 135 Å². The maximum atomic E-state index is 6.26. The van der Waals surface area contributed by atoms with Crippen molar-refractivity contribution >= 4 is 43.7 Å². The molecule has 1 aliphatic rings. The van der Waals surface area contributed by atoms with E-state index in [0.717, 1.165) is 44.3 Å². The molecule has 0 aliphatic heterocycles. The predicted octanol–water partition coefficient (Wildman–Crippen LogP) is 12.2. The van der Waals surface area contributed by atoms with E-state index in [1.165, 1.54) is 44.1 Å². The van der Waals surface area contributed by atoms with Gasteiger partial charge in [0.1, 0.15) is 11.2 Å². The second kappa shape index (κ2) is 11.1. The van der Waals surface area contributed by atoms with Gasteiger partial charge in [0, 0.05) is 49.3 Å². The summed E-state index contributed by atoms with van der Waals surface area (Å²) in [4.78, 5) is 15.4. The van der Waals surface area contributed by atoms with Crippen molar-refractivity contribution in [2.75, 3.05) is 0 Å². The van der Waals surface area contributed by atoms with Crippen molar-refractivity contribution in [3.05, 3.63) is 169 Å². The lowest BCUT2D eigenvalue weighted by atomic mass is 9.80. The Hall–Kier alpha value is -6.85. The SMILES string of the molecule is CC1(C)c2ccccc2-c2ccc3c(c21)c1ccccc1n3-c1cccc(-c2nc(-c3ccccc3)nc(-c3cccc4oc5ccccc5c34)n2)c1. The van der Waals surface area contributed by atoms with Gasteiger partial charge in [0.2, 0.25) is 0 Å². The molecule has 3 aromatic heterocycles. The van der Waals surface area contributed by atoms with Crippen LogP contribution in [0.25, 0.3) is 94.7 Å². The van der Waals surface area contributed by atoms with Crippen LogP contribution in [0, 0.1) is 0 Å². The molecule has 0 fully saturated rings. The molecule has 0 saturated carbocycles. The number of para-hydroxylation sites is 2. The Morgan fingerprint density at radius 3 is 2.02 bits per heavy atom. The van der Waals surface area contributed by atoms with Gasteiger partial charge in [-0.3, -0.25) is 0 Å². The summed E-state index contributed by atoms with van der Waals surface area (Å²) in [6, 6.07) is 55.2. The molecule has 0 spiro atoms. The first-order valence-electron chi connectivity index (χ1n) is 18.0. The highest BCUT2D eigenvalue weighted by molar-refractivity contribution is 6.14. The number of benzene rings is 7. The van der Waals surface area contributed by atoms with Crippen LogP contribution < -0.4 is 0 Å². The van der Waals surface area contributed by atoms with Crippen LogP contribution in [0.3, 0.4) is 0 Å². The van der Waals surface area contributed by atoms with Crippen LogP contribution >= 0.6 is 0 Å². The molecule has 0 radical (unpaired) electrons. The van der Waals surface area contributed by atoms with E-state index in [4.69, 9.17) is 19.4 Å². The third-order valence-corrected chi connectivity index (χ3v) is 11.0. The van der Waals surface area contributed by atoms with Crippen molar-refractivity contribution in [3.63, 3.8) is 0 Å². The van der Waals surface area contributed by atoms with Gasteiger partial charge in [0.25, 0.3) is 0 Å². The standard InChI is InChI=1S/C48H32N4O/c1-48(2)37-22-9-6-18-32(37)33-26-27-39-43(44(33)48)34-19-7-10-23-38(34)52(39)31-17-12-16-30(28-31)46-49-45(29-14-4-3-5-15-29)50-47(51-46)36-21-13-25-41-42(36)35-20-8-11-24-40(35)53-41/h3-28H,1-2H3. The maximum absolute atomic E-state index is 6.26. The number of rotatable bonds is 4. The minimum Gasteiger partial charge on any atom is -0.456 e. The van der Waals surface area contributed by atoms with Crippen LogP contribution in [0.4, 0.5) is 0 Å². The highest BCUT2D eigenvalue weighted by Gasteiger charge is 2.38. The van der Waals surface area contributed by atoms with E-state index in [9.17, 15) is 0 Å². The summed E-state index contributed by atoms with van der Waals surface area (Å²) in [6.07, 6.45) is 0. The normalized spacial score (nSPS) is 13.2. The number of hydrogen-bond acceptors (Lipinski definition) is 4. The fourth-order valence-electron chi connectivity index (χ4n) is 8.70. The van der Waals surface area contributed by atoms with E-state index in [2.05, 4.69) is 115 Å². The summed E-state index contributed by atoms with van der Waals surface area (Å²) in [6.45, 7) is 4.72. The van der Waals surface area contributed by atoms with Crippen molar-refractivity contribution in [1.82, 2.24) is 19.5 Å². The van der Waals surface area contributed by atoms with Gasteiger partial charge in [0.05, 0.1) is 11.0 Å². The Labute approximate surface area is 305 Å². The summed E-state index contributed by atoms with van der Waals surface area (Å²) in [5, 5.41) is 4.59. The van der Waals surface area contributed by atoms with Crippen LogP contribution in [0.2, 0.25) is 0 Å². The molecule has 1 aliphatic carbocycles. The van der Waals surface area contributed by atoms with Crippen LogP contribution in [0.1, 0.15) is 25.0 Å². The van der Waals surface area contributed by atoms with Crippen LogP contribution in [-0.2, 0) is 5.41 Å². The third-order valence-electron chi connectivity index (χ3n) is 11.0. The Bertz CT molecular complexity index is 3100. The van der Waals surface area contributed by atoms with Gasteiger partial charge in [-0.25, -0.2) is 15.0 Å². The molecule has 0 saturated heterocycles. The summed E-state index contributed by atoms with van der Waals surface area (Å²) < 4.78 is 8.65. The first-order chi connectivity index (χ1) is 26.0. The lowest BCUT2D eigenvalue weighted by Gasteiger charge is -2.22. The molecule has 3 heterocycles. The van der Waals surface area contributed by atoms with E-state index in [1.807, 2.05) is 60.7 Å². The zero-order valence-corrected chi connectivity index (χ0v) is 29.2. The van der Waals surface area contributed by atoms with Crippen molar-refractivity contribution in [2.24, 2.45) is 0 Å². The monoisotopic (exact) mass is 680 g/mol. The second-order valence-electron chi connectivity index (χ2n) is 14.4. The first-order valence-corrected chi connectivity index (χ1v) is 18.0. The van der Waals surface area contributed by atoms with Crippen LogP contribution in [-0.4, -0.2) is 19.5 Å². The topological polar surface area (TPSA) is 56.7 Å². The van der Waals surface area contributed by atoms with Crippen LogP contribution in [0.15, 0.2) is 162 Å². The molecule has 0 unspecified atom stereocenters. The molecule has 5 nitrogen and oxygen atoms in total. The highest BCUT2D eigenvalue weighted by atomic mass is 16.3. The lowest BCUT2D eigenvalue weighted by molar-refractivity contribution is 0.666. The number of hydrogen-bond donors (Lipinski definition) is 0. The Morgan fingerprint density at radius 1 is 0.472 bits per heavy atom. The van der Waals surface area contributed by atoms with Gasteiger partial charge in [-0.05, 0) is 58.7 Å². The van der Waals surface area contributed by atoms with Crippen molar-refractivity contribution in [3.8, 4) is 51.0 Å². The van der Waals surface area contributed by atoms with Crippen molar-refractivity contribution in [2.45, 2.75) is 19.3 Å². The van der Waals surface area contributed by atoms with E-state index in [-0.39, 0.29) is 5.41 Å². The Balaban J connectivity index is 1.14. The Morgan fingerprint density at radius 2 is 1.13 bits per heavy atom. The fraction of sp³-hybridized carbons (Fsp3) is 0.0625. The molecule has 0 bridgehead atoms. The molecular weight excluding hydrogens is 649 g/mol. The molecule has 53 heavy (non-hydrogen) atoms. The van der Waals surface area contributed by atoms with Gasteiger partial charge >= 0.3 is 0 Å². The van der Waals surface area contributed by atoms with E-state index < -0.39 is 0 Å². The summed E-state index contributed by atoms with van der Waals surface area (Å²) in [5.74, 6) is 1.83. The van der Waals surface area contributed by atoms with Crippen molar-refractivity contribution in [1.29, 1.82) is 0 Å². The smallest absolute Gasteiger partial charge is 0.164 e. The minimum absolute atomic E-state index is 0.138. The van der Waals surface area contributed by atoms with Gasteiger partial charge in [0.15, 0.2) is 17.5 Å². The number of aromatic nitrogens is 4. The lowest BCUT2D eigenvalue weighted by Crippen LogP contribution is -2.15. The molecule has 0 N–H and O–H groups in total. The molecule has 0 amide bonds. The molecule has 11 rings (SSSR count). The van der Waals surface area contributed by atoms with Crippen LogP contribution in [0.5, 0.6) is 0 Å². The van der Waals surface area contributed by atoms with Gasteiger partial charge in [-0.2, -0.15) is 0 Å². The van der Waals surface area contributed by atoms with E-state index in [0.29, 0.717) is 17.5 Å². The quantitative estimate of drug-likeness (QED) is 0.186. The van der Waals surface area contributed by atoms with Gasteiger partial charge < -0.3 is 8.98 Å². The zero-order valence-electron chi connectivity index (χ0n) is 29.2. The van der Waals surface area contributed by atoms with Crippen molar-refractivity contribution < 1.29 is 4.42 Å². The molecular formula is C48H32N4O. The number of fused-ring (bicyclic) bond motifs is 10. The number of furan rings is 1. The largest absolute Gasteiger partial charge is 0.456 e. The summed E-state index contributed by atoms with van der Waals surface area (Å²) in [7, 11) is 0. The predicted molar refractivity (Wildman–Crippen MR) is 215 cm³/mol. The first kappa shape index (κ1) is 29.8. The van der Waals surface area contributed by atoms with Gasteiger partial charge in [-0.15, -0.1) is 0 Å². The Kier molecular flexibility index (Phi) is 6.23. The fourth-order valence-corrected chi connectivity index (χ4v) is 8.70. The average molecular weight is 681 g/mol. The molecule has 10 aromatic rings. The highest BCUT2D eigenvalue weighted by Crippen LogP contribution is 2.53. The minimum atomic E-state index is -0.138. The zero-order chi connectivity index (χ0) is 35.3.